The van der Waals surface area contributed by atoms with Gasteiger partial charge in [0, 0.05) is 52.2 Å². The third-order valence-electron chi connectivity index (χ3n) is 2.68. The Labute approximate surface area is 108 Å². The molecule has 1 fully saturated rings. The first-order valence-electron chi connectivity index (χ1n) is 5.43. The van der Waals surface area contributed by atoms with Crippen molar-refractivity contribution in [3.63, 3.8) is 0 Å². The van der Waals surface area contributed by atoms with E-state index in [1.165, 1.54) is 4.88 Å². The van der Waals surface area contributed by atoms with Gasteiger partial charge in [-0.25, -0.2) is 0 Å². The molecule has 1 saturated heterocycles. The van der Waals surface area contributed by atoms with E-state index in [1.807, 2.05) is 11.4 Å². The second kappa shape index (κ2) is 5.63. The molecule has 0 aromatic carbocycles. The van der Waals surface area contributed by atoms with E-state index in [1.54, 1.807) is 11.3 Å². The van der Waals surface area contributed by atoms with Gasteiger partial charge in [0.1, 0.15) is 0 Å². The van der Waals surface area contributed by atoms with E-state index in [-0.39, 0.29) is 0 Å². The average Bonchev–Trinajstić information content (AvgIpc) is 2.52. The van der Waals surface area contributed by atoms with Gasteiger partial charge in [-0.2, -0.15) is 0 Å². The predicted octanol–water partition coefficient (Wildman–Crippen LogP) is 2.60. The highest BCUT2D eigenvalue weighted by molar-refractivity contribution is 7.85. The minimum atomic E-state index is -0.625. The highest BCUT2D eigenvalue weighted by atomic mass is 35.5. The number of thiophene rings is 1. The fourth-order valence-corrected chi connectivity index (χ4v) is 4.50. The summed E-state index contributed by atoms with van der Waals surface area (Å²) < 4.78 is 11.6. The fraction of sp³-hybridized carbons (Fsp3) is 0.636. The molecule has 0 saturated carbocycles. The van der Waals surface area contributed by atoms with Crippen molar-refractivity contribution >= 4 is 33.7 Å². The van der Waals surface area contributed by atoms with E-state index in [0.29, 0.717) is 5.92 Å². The van der Waals surface area contributed by atoms with Crippen molar-refractivity contribution in [3.8, 4) is 0 Å². The standard InChI is InChI=1S/C11H16ClNOS2/c1-9-5-13(2-3-16(14)8-9)6-11-4-10(12)7-15-11/h4,7,9H,2-3,5-6,8H2,1H3. The highest BCUT2D eigenvalue weighted by Gasteiger charge is 2.19. The molecule has 0 aliphatic carbocycles. The maximum atomic E-state index is 11.6. The van der Waals surface area contributed by atoms with Crippen LogP contribution in [0.3, 0.4) is 0 Å². The van der Waals surface area contributed by atoms with Gasteiger partial charge in [-0.05, 0) is 12.0 Å². The zero-order chi connectivity index (χ0) is 11.5. The van der Waals surface area contributed by atoms with Crippen LogP contribution in [0.15, 0.2) is 11.4 Å². The molecule has 5 heteroatoms. The van der Waals surface area contributed by atoms with E-state index in [2.05, 4.69) is 11.8 Å². The van der Waals surface area contributed by atoms with Gasteiger partial charge in [-0.1, -0.05) is 18.5 Å². The molecule has 2 rings (SSSR count). The van der Waals surface area contributed by atoms with Crippen LogP contribution in [0.5, 0.6) is 0 Å². The summed E-state index contributed by atoms with van der Waals surface area (Å²) in [5, 5.41) is 2.79. The van der Waals surface area contributed by atoms with Gasteiger partial charge < -0.3 is 0 Å². The zero-order valence-electron chi connectivity index (χ0n) is 9.32. The van der Waals surface area contributed by atoms with E-state index in [9.17, 15) is 4.21 Å². The van der Waals surface area contributed by atoms with Crippen LogP contribution in [0.2, 0.25) is 5.02 Å². The summed E-state index contributed by atoms with van der Waals surface area (Å²) in [6, 6.07) is 2.03. The molecule has 1 aromatic heterocycles. The van der Waals surface area contributed by atoms with Gasteiger partial charge in [0.15, 0.2) is 0 Å². The number of hydrogen-bond donors (Lipinski definition) is 0. The molecule has 2 atom stereocenters. The van der Waals surface area contributed by atoms with Crippen LogP contribution >= 0.6 is 22.9 Å². The molecule has 1 aromatic rings. The summed E-state index contributed by atoms with van der Waals surface area (Å²) in [6.45, 7) is 5.10. The second-order valence-electron chi connectivity index (χ2n) is 4.38. The Morgan fingerprint density at radius 2 is 2.50 bits per heavy atom. The first-order chi connectivity index (χ1) is 7.63. The van der Waals surface area contributed by atoms with Crippen LogP contribution in [0.1, 0.15) is 11.8 Å². The third-order valence-corrected chi connectivity index (χ3v) is 5.52. The Hall–Kier alpha value is 0.1000. The van der Waals surface area contributed by atoms with Gasteiger partial charge in [0.25, 0.3) is 0 Å². The van der Waals surface area contributed by atoms with Crippen molar-refractivity contribution in [1.82, 2.24) is 4.90 Å². The zero-order valence-corrected chi connectivity index (χ0v) is 11.7. The van der Waals surface area contributed by atoms with E-state index < -0.39 is 10.8 Å². The van der Waals surface area contributed by atoms with E-state index in [0.717, 1.165) is 36.2 Å². The lowest BCUT2D eigenvalue weighted by Crippen LogP contribution is -2.28. The summed E-state index contributed by atoms with van der Waals surface area (Å²) in [6.07, 6.45) is 0. The van der Waals surface area contributed by atoms with Crippen LogP contribution in [0.25, 0.3) is 0 Å². The Morgan fingerprint density at radius 1 is 1.69 bits per heavy atom. The quantitative estimate of drug-likeness (QED) is 0.828. The number of nitrogens with zero attached hydrogens (tertiary/aromatic N) is 1. The molecule has 2 nitrogen and oxygen atoms in total. The summed E-state index contributed by atoms with van der Waals surface area (Å²) in [5.41, 5.74) is 0. The molecule has 2 heterocycles. The molecule has 0 spiro atoms. The van der Waals surface area contributed by atoms with Crippen LogP contribution in [-0.2, 0) is 17.3 Å². The molecular formula is C11H16ClNOS2. The molecule has 0 amide bonds. The Bertz CT molecular complexity index is 380. The van der Waals surface area contributed by atoms with Crippen molar-refractivity contribution < 1.29 is 4.21 Å². The molecule has 0 N–H and O–H groups in total. The summed E-state index contributed by atoms with van der Waals surface area (Å²) in [7, 11) is -0.625. The minimum Gasteiger partial charge on any atom is -0.297 e. The van der Waals surface area contributed by atoms with Gasteiger partial charge in [0.2, 0.25) is 0 Å². The molecule has 0 radical (unpaired) electrons. The van der Waals surface area contributed by atoms with Crippen molar-refractivity contribution in [3.05, 3.63) is 21.3 Å². The Kier molecular flexibility index (Phi) is 4.41. The van der Waals surface area contributed by atoms with Crippen molar-refractivity contribution in [2.45, 2.75) is 13.5 Å². The van der Waals surface area contributed by atoms with Crippen molar-refractivity contribution in [1.29, 1.82) is 0 Å². The van der Waals surface area contributed by atoms with Gasteiger partial charge in [0.05, 0.1) is 5.02 Å². The summed E-state index contributed by atoms with van der Waals surface area (Å²) in [4.78, 5) is 3.68. The topological polar surface area (TPSA) is 20.3 Å². The monoisotopic (exact) mass is 277 g/mol. The fourth-order valence-electron chi connectivity index (χ4n) is 2.02. The lowest BCUT2D eigenvalue weighted by molar-refractivity contribution is 0.259. The second-order valence-corrected chi connectivity index (χ2v) is 7.44. The van der Waals surface area contributed by atoms with E-state index in [4.69, 9.17) is 11.6 Å². The third kappa shape index (κ3) is 3.55. The molecule has 0 bridgehead atoms. The average molecular weight is 278 g/mol. The van der Waals surface area contributed by atoms with Gasteiger partial charge in [-0.3, -0.25) is 9.11 Å². The molecule has 16 heavy (non-hydrogen) atoms. The molecule has 2 unspecified atom stereocenters. The van der Waals surface area contributed by atoms with Crippen LogP contribution in [0.4, 0.5) is 0 Å². The number of rotatable bonds is 2. The van der Waals surface area contributed by atoms with Crippen LogP contribution in [0, 0.1) is 5.92 Å². The lowest BCUT2D eigenvalue weighted by atomic mass is 10.2. The van der Waals surface area contributed by atoms with E-state index >= 15 is 0 Å². The summed E-state index contributed by atoms with van der Waals surface area (Å²) in [5.74, 6) is 2.18. The first kappa shape index (κ1) is 12.6. The minimum absolute atomic E-state index is 0.527. The maximum Gasteiger partial charge on any atom is 0.0516 e. The molecular weight excluding hydrogens is 262 g/mol. The smallest absolute Gasteiger partial charge is 0.0516 e. The largest absolute Gasteiger partial charge is 0.297 e. The van der Waals surface area contributed by atoms with Crippen molar-refractivity contribution in [2.75, 3.05) is 24.6 Å². The predicted molar refractivity (Wildman–Crippen MR) is 71.6 cm³/mol. The number of hydrogen-bond acceptors (Lipinski definition) is 3. The normalized spacial score (nSPS) is 27.9. The van der Waals surface area contributed by atoms with Crippen LogP contribution in [-0.4, -0.2) is 33.7 Å². The summed E-state index contributed by atoms with van der Waals surface area (Å²) >= 11 is 7.61. The SMILES string of the molecule is CC1CN(Cc2cc(Cl)cs2)CCS(=O)C1. The van der Waals surface area contributed by atoms with Gasteiger partial charge >= 0.3 is 0 Å². The van der Waals surface area contributed by atoms with Gasteiger partial charge in [-0.15, -0.1) is 11.3 Å². The molecule has 1 aliphatic heterocycles. The number of halogens is 1. The maximum absolute atomic E-state index is 11.6. The Balaban J connectivity index is 1.96. The Morgan fingerprint density at radius 3 is 3.19 bits per heavy atom. The lowest BCUT2D eigenvalue weighted by Gasteiger charge is -2.20. The van der Waals surface area contributed by atoms with Crippen LogP contribution < -0.4 is 0 Å². The highest BCUT2D eigenvalue weighted by Crippen LogP contribution is 2.21. The molecule has 1 aliphatic rings. The molecule has 90 valence electrons. The van der Waals surface area contributed by atoms with Crippen molar-refractivity contribution in [2.24, 2.45) is 5.92 Å². The first-order valence-corrected chi connectivity index (χ1v) is 8.18.